The van der Waals surface area contributed by atoms with Gasteiger partial charge in [-0.15, -0.1) is 0 Å². The Bertz CT molecular complexity index is 1050. The summed E-state index contributed by atoms with van der Waals surface area (Å²) in [6.45, 7) is 0.307. The third-order valence-electron chi connectivity index (χ3n) is 3.48. The summed E-state index contributed by atoms with van der Waals surface area (Å²) in [7, 11) is 0. The molecule has 0 aliphatic carbocycles. The Labute approximate surface area is 122 Å². The molecular formula is C15H9FN4O2. The molecule has 0 aliphatic rings. The summed E-state index contributed by atoms with van der Waals surface area (Å²) >= 11 is 0. The molecule has 0 spiro atoms. The summed E-state index contributed by atoms with van der Waals surface area (Å²) in [6, 6.07) is 9.72. The average molecular weight is 296 g/mol. The number of nitrogens with zero attached hydrogens (tertiary/aromatic N) is 4. The Balaban J connectivity index is 1.81. The Morgan fingerprint density at radius 3 is 2.91 bits per heavy atom. The molecule has 0 bridgehead atoms. The van der Waals surface area contributed by atoms with Gasteiger partial charge in [0.05, 0.1) is 18.3 Å². The topological polar surface area (TPSA) is 73.8 Å². The van der Waals surface area contributed by atoms with Gasteiger partial charge in [-0.3, -0.25) is 9.36 Å². The lowest BCUT2D eigenvalue weighted by Gasteiger charge is -2.07. The van der Waals surface area contributed by atoms with Gasteiger partial charge in [0.2, 0.25) is 0 Å². The Hall–Kier alpha value is -3.09. The molecule has 0 N–H and O–H groups in total. The van der Waals surface area contributed by atoms with Crippen LogP contribution in [0, 0.1) is 5.82 Å². The predicted octanol–water partition coefficient (Wildman–Crippen LogP) is 2.12. The van der Waals surface area contributed by atoms with Crippen molar-refractivity contribution in [3.8, 4) is 0 Å². The molecule has 2 aromatic heterocycles. The highest BCUT2D eigenvalue weighted by Gasteiger charge is 2.09. The number of benzene rings is 2. The van der Waals surface area contributed by atoms with E-state index in [0.29, 0.717) is 17.6 Å². The number of aromatic nitrogens is 4. The molecule has 0 atom stereocenters. The van der Waals surface area contributed by atoms with E-state index >= 15 is 0 Å². The third kappa shape index (κ3) is 1.95. The van der Waals surface area contributed by atoms with Crippen LogP contribution in [0.4, 0.5) is 4.39 Å². The van der Waals surface area contributed by atoms with E-state index in [9.17, 15) is 9.18 Å². The third-order valence-corrected chi connectivity index (χ3v) is 3.48. The first-order valence-corrected chi connectivity index (χ1v) is 6.57. The molecular weight excluding hydrogens is 287 g/mol. The Morgan fingerprint density at radius 2 is 2.00 bits per heavy atom. The lowest BCUT2D eigenvalue weighted by atomic mass is 10.2. The number of para-hydroxylation sites is 1. The van der Waals surface area contributed by atoms with E-state index in [4.69, 9.17) is 0 Å². The molecule has 0 fully saturated rings. The van der Waals surface area contributed by atoms with Gasteiger partial charge in [-0.2, -0.15) is 0 Å². The zero-order chi connectivity index (χ0) is 15.1. The van der Waals surface area contributed by atoms with Crippen LogP contribution in [0.2, 0.25) is 0 Å². The Kier molecular flexibility index (Phi) is 2.72. The molecule has 108 valence electrons. The van der Waals surface area contributed by atoms with Crippen molar-refractivity contribution in [1.82, 2.24) is 19.9 Å². The quantitative estimate of drug-likeness (QED) is 0.566. The van der Waals surface area contributed by atoms with Crippen LogP contribution in [0.25, 0.3) is 21.9 Å². The molecule has 22 heavy (non-hydrogen) atoms. The molecule has 4 aromatic rings. The van der Waals surface area contributed by atoms with E-state index in [0.717, 1.165) is 5.56 Å². The molecule has 2 heterocycles. The van der Waals surface area contributed by atoms with Crippen LogP contribution >= 0.6 is 0 Å². The summed E-state index contributed by atoms with van der Waals surface area (Å²) in [6.07, 6.45) is 1.35. The minimum Gasteiger partial charge on any atom is -0.294 e. The number of fused-ring (bicyclic) bond motifs is 2. The van der Waals surface area contributed by atoms with E-state index in [1.54, 1.807) is 18.2 Å². The van der Waals surface area contributed by atoms with Crippen molar-refractivity contribution in [3.05, 3.63) is 64.5 Å². The molecule has 0 saturated carbocycles. The van der Waals surface area contributed by atoms with Crippen molar-refractivity contribution in [2.45, 2.75) is 6.54 Å². The van der Waals surface area contributed by atoms with Gasteiger partial charge in [-0.1, -0.05) is 12.1 Å². The van der Waals surface area contributed by atoms with Crippen molar-refractivity contribution in [2.24, 2.45) is 0 Å². The van der Waals surface area contributed by atoms with Gasteiger partial charge in [0.15, 0.2) is 0 Å². The first-order chi connectivity index (χ1) is 10.7. The summed E-state index contributed by atoms with van der Waals surface area (Å²) in [5.41, 5.74) is 1.91. The second kappa shape index (κ2) is 4.73. The predicted molar refractivity (Wildman–Crippen MR) is 76.9 cm³/mol. The molecule has 0 saturated heterocycles. The zero-order valence-corrected chi connectivity index (χ0v) is 11.2. The fraction of sp³-hybridized carbons (Fsp3) is 0.0667. The summed E-state index contributed by atoms with van der Waals surface area (Å²) in [4.78, 5) is 16.4. The number of halogens is 1. The van der Waals surface area contributed by atoms with Crippen molar-refractivity contribution < 1.29 is 9.02 Å². The highest BCUT2D eigenvalue weighted by Crippen LogP contribution is 2.14. The molecule has 7 heteroatoms. The van der Waals surface area contributed by atoms with Gasteiger partial charge < -0.3 is 0 Å². The van der Waals surface area contributed by atoms with Gasteiger partial charge in [0.25, 0.3) is 5.56 Å². The van der Waals surface area contributed by atoms with Crippen molar-refractivity contribution in [3.63, 3.8) is 0 Å². The van der Waals surface area contributed by atoms with E-state index in [2.05, 4.69) is 19.9 Å². The molecule has 0 radical (unpaired) electrons. The molecule has 0 amide bonds. The van der Waals surface area contributed by atoms with Crippen LogP contribution in [-0.4, -0.2) is 19.9 Å². The zero-order valence-electron chi connectivity index (χ0n) is 11.2. The standard InChI is InChI=1S/C15H9FN4O2/c16-11-3-1-2-10-14(11)17-8-20(15(10)21)7-9-4-5-12-13(6-9)19-22-18-12/h1-6,8H,7H2. The van der Waals surface area contributed by atoms with Crippen LogP contribution in [0.3, 0.4) is 0 Å². The lowest BCUT2D eigenvalue weighted by Crippen LogP contribution is -2.21. The first-order valence-electron chi connectivity index (χ1n) is 6.57. The van der Waals surface area contributed by atoms with E-state index in [1.165, 1.54) is 23.0 Å². The van der Waals surface area contributed by atoms with Crippen LogP contribution in [0.1, 0.15) is 5.56 Å². The van der Waals surface area contributed by atoms with Crippen molar-refractivity contribution in [2.75, 3.05) is 0 Å². The summed E-state index contributed by atoms with van der Waals surface area (Å²) in [5, 5.41) is 7.75. The van der Waals surface area contributed by atoms with Gasteiger partial charge in [-0.05, 0) is 40.1 Å². The number of hydrogen-bond donors (Lipinski definition) is 0. The fourth-order valence-corrected chi connectivity index (χ4v) is 2.39. The van der Waals surface area contributed by atoms with E-state index in [-0.39, 0.29) is 16.5 Å². The van der Waals surface area contributed by atoms with Crippen LogP contribution in [0.15, 0.2) is 52.1 Å². The van der Waals surface area contributed by atoms with E-state index < -0.39 is 5.82 Å². The maximum atomic E-state index is 13.6. The first kappa shape index (κ1) is 12.6. The molecule has 0 unspecified atom stereocenters. The van der Waals surface area contributed by atoms with Gasteiger partial charge in [0, 0.05) is 0 Å². The normalized spacial score (nSPS) is 11.3. The fourth-order valence-electron chi connectivity index (χ4n) is 2.39. The molecule has 6 nitrogen and oxygen atoms in total. The van der Waals surface area contributed by atoms with Crippen molar-refractivity contribution >= 4 is 21.9 Å². The summed E-state index contributed by atoms with van der Waals surface area (Å²) < 4.78 is 19.7. The minimum atomic E-state index is -0.503. The van der Waals surface area contributed by atoms with Crippen molar-refractivity contribution in [1.29, 1.82) is 0 Å². The van der Waals surface area contributed by atoms with Gasteiger partial charge in [-0.25, -0.2) is 14.0 Å². The molecule has 0 aliphatic heterocycles. The maximum absolute atomic E-state index is 13.6. The van der Waals surface area contributed by atoms with Crippen LogP contribution < -0.4 is 5.56 Å². The lowest BCUT2D eigenvalue weighted by molar-refractivity contribution is 0.315. The largest absolute Gasteiger partial charge is 0.294 e. The van der Waals surface area contributed by atoms with Gasteiger partial charge >= 0.3 is 0 Å². The second-order valence-electron chi connectivity index (χ2n) is 4.90. The molecule has 4 rings (SSSR count). The monoisotopic (exact) mass is 296 g/mol. The second-order valence-corrected chi connectivity index (χ2v) is 4.90. The highest BCUT2D eigenvalue weighted by atomic mass is 19.1. The maximum Gasteiger partial charge on any atom is 0.261 e. The van der Waals surface area contributed by atoms with Gasteiger partial charge in [0.1, 0.15) is 22.4 Å². The Morgan fingerprint density at radius 1 is 1.14 bits per heavy atom. The SMILES string of the molecule is O=c1c2cccc(F)c2ncn1Cc1ccc2nonc2c1. The minimum absolute atomic E-state index is 0.0832. The number of rotatable bonds is 2. The van der Waals surface area contributed by atoms with Crippen LogP contribution in [0.5, 0.6) is 0 Å². The summed E-state index contributed by atoms with van der Waals surface area (Å²) in [5.74, 6) is -0.503. The average Bonchev–Trinajstić information content (AvgIpc) is 2.98. The number of hydrogen-bond acceptors (Lipinski definition) is 5. The highest BCUT2D eigenvalue weighted by molar-refractivity contribution is 5.77. The smallest absolute Gasteiger partial charge is 0.261 e. The van der Waals surface area contributed by atoms with E-state index in [1.807, 2.05) is 6.07 Å². The van der Waals surface area contributed by atoms with Crippen LogP contribution in [-0.2, 0) is 6.54 Å². The molecule has 2 aromatic carbocycles.